The van der Waals surface area contributed by atoms with Crippen molar-refractivity contribution in [2.45, 2.75) is 31.7 Å². The number of hydrogen-bond donors (Lipinski definition) is 2. The van der Waals surface area contributed by atoms with Crippen LogP contribution in [0, 0.1) is 5.92 Å². The number of carboxylic acid groups (broad SMARTS) is 1. The summed E-state index contributed by atoms with van der Waals surface area (Å²) < 4.78 is 0. The molecule has 2 heterocycles. The molecule has 1 aliphatic carbocycles. The van der Waals surface area contributed by atoms with Crippen LogP contribution in [0.25, 0.3) is 6.08 Å². The zero-order valence-electron chi connectivity index (χ0n) is 13.0. The highest BCUT2D eigenvalue weighted by Crippen LogP contribution is 2.31. The van der Waals surface area contributed by atoms with Gasteiger partial charge in [-0.1, -0.05) is 11.6 Å². The Morgan fingerprint density at radius 3 is 2.74 bits per heavy atom. The van der Waals surface area contributed by atoms with E-state index in [1.165, 1.54) is 25.5 Å². The fourth-order valence-corrected chi connectivity index (χ4v) is 3.17. The van der Waals surface area contributed by atoms with Crippen LogP contribution in [0.4, 0.5) is 5.82 Å². The van der Waals surface area contributed by atoms with Crippen molar-refractivity contribution in [1.29, 1.82) is 0 Å². The van der Waals surface area contributed by atoms with Gasteiger partial charge in [0.1, 0.15) is 5.82 Å². The van der Waals surface area contributed by atoms with Crippen molar-refractivity contribution in [2.24, 2.45) is 5.92 Å². The van der Waals surface area contributed by atoms with E-state index < -0.39 is 5.97 Å². The second-order valence-electron chi connectivity index (χ2n) is 6.43. The van der Waals surface area contributed by atoms with Crippen molar-refractivity contribution >= 4 is 29.5 Å². The Balaban J connectivity index is 1.52. The van der Waals surface area contributed by atoms with E-state index in [4.69, 9.17) is 16.7 Å². The zero-order chi connectivity index (χ0) is 16.2. The smallest absolute Gasteiger partial charge is 0.328 e. The normalized spacial score (nSPS) is 20.0. The lowest BCUT2D eigenvalue weighted by Crippen LogP contribution is -2.40. The van der Waals surface area contributed by atoms with Crippen molar-refractivity contribution in [3.8, 4) is 0 Å². The maximum atomic E-state index is 10.5. The number of hydrogen-bond acceptors (Lipinski definition) is 4. The molecule has 1 aromatic heterocycles. The number of nitrogens with one attached hydrogen (secondary N) is 1. The first-order valence-electron chi connectivity index (χ1n) is 8.15. The average Bonchev–Trinajstić information content (AvgIpc) is 3.33. The van der Waals surface area contributed by atoms with Crippen LogP contribution < -0.4 is 5.32 Å². The van der Waals surface area contributed by atoms with E-state index in [2.05, 4.69) is 15.2 Å². The third kappa shape index (κ3) is 4.94. The van der Waals surface area contributed by atoms with Crippen LogP contribution in [0.15, 0.2) is 18.3 Å². The number of aromatic nitrogens is 1. The first-order chi connectivity index (χ1) is 11.1. The molecule has 1 saturated carbocycles. The number of nitrogens with zero attached hydrogens (tertiary/aromatic N) is 2. The highest BCUT2D eigenvalue weighted by Gasteiger charge is 2.27. The lowest BCUT2D eigenvalue weighted by molar-refractivity contribution is -0.131. The van der Waals surface area contributed by atoms with Crippen molar-refractivity contribution in [3.05, 3.63) is 28.9 Å². The molecule has 3 rings (SSSR count). The van der Waals surface area contributed by atoms with Crippen molar-refractivity contribution in [2.75, 3.05) is 25.0 Å². The number of piperidine rings is 1. The summed E-state index contributed by atoms with van der Waals surface area (Å²) in [6.07, 6.45) is 9.21. The fourth-order valence-electron chi connectivity index (χ4n) is 2.94. The van der Waals surface area contributed by atoms with Gasteiger partial charge in [-0.3, -0.25) is 0 Å². The maximum Gasteiger partial charge on any atom is 0.328 e. The Labute approximate surface area is 141 Å². The van der Waals surface area contributed by atoms with Gasteiger partial charge in [0.05, 0.1) is 5.02 Å². The molecule has 1 aromatic rings. The SMILES string of the molecule is O=C(O)/C=C/c1cnc(NC2CCN(CC3CC3)CC2)c(Cl)c1. The summed E-state index contributed by atoms with van der Waals surface area (Å²) in [7, 11) is 0. The van der Waals surface area contributed by atoms with Crippen molar-refractivity contribution < 1.29 is 9.90 Å². The fraction of sp³-hybridized carbons (Fsp3) is 0.529. The van der Waals surface area contributed by atoms with Crippen LogP contribution in [-0.4, -0.2) is 46.6 Å². The number of pyridine rings is 1. The predicted molar refractivity (Wildman–Crippen MR) is 91.7 cm³/mol. The molecule has 2 fully saturated rings. The van der Waals surface area contributed by atoms with Crippen LogP contribution in [0.1, 0.15) is 31.2 Å². The molecule has 0 bridgehead atoms. The summed E-state index contributed by atoms with van der Waals surface area (Å²) in [4.78, 5) is 17.4. The summed E-state index contributed by atoms with van der Waals surface area (Å²) in [6.45, 7) is 3.52. The van der Waals surface area contributed by atoms with E-state index in [1.54, 1.807) is 12.3 Å². The minimum Gasteiger partial charge on any atom is -0.478 e. The number of likely N-dealkylation sites (tertiary alicyclic amines) is 1. The van der Waals surface area contributed by atoms with Gasteiger partial charge in [0.2, 0.25) is 0 Å². The number of carboxylic acids is 1. The van der Waals surface area contributed by atoms with Gasteiger partial charge in [0.25, 0.3) is 0 Å². The number of rotatable bonds is 6. The average molecular weight is 336 g/mol. The summed E-state index contributed by atoms with van der Waals surface area (Å²) in [5, 5.41) is 12.6. The molecule has 5 nitrogen and oxygen atoms in total. The number of anilines is 1. The quantitative estimate of drug-likeness (QED) is 0.782. The maximum absolute atomic E-state index is 10.5. The van der Waals surface area contributed by atoms with E-state index >= 15 is 0 Å². The molecular weight excluding hydrogens is 314 g/mol. The molecule has 1 saturated heterocycles. The van der Waals surface area contributed by atoms with E-state index in [1.807, 2.05) is 0 Å². The van der Waals surface area contributed by atoms with Crippen molar-refractivity contribution in [1.82, 2.24) is 9.88 Å². The summed E-state index contributed by atoms with van der Waals surface area (Å²) in [6, 6.07) is 2.13. The van der Waals surface area contributed by atoms with E-state index in [9.17, 15) is 4.79 Å². The first-order valence-corrected chi connectivity index (χ1v) is 8.53. The minimum atomic E-state index is -0.985. The topological polar surface area (TPSA) is 65.5 Å². The van der Waals surface area contributed by atoms with Gasteiger partial charge in [-0.25, -0.2) is 9.78 Å². The largest absolute Gasteiger partial charge is 0.478 e. The van der Waals surface area contributed by atoms with Gasteiger partial charge in [-0.15, -0.1) is 0 Å². The van der Waals surface area contributed by atoms with Gasteiger partial charge in [-0.05, 0) is 49.3 Å². The van der Waals surface area contributed by atoms with Gasteiger partial charge >= 0.3 is 5.97 Å². The molecule has 23 heavy (non-hydrogen) atoms. The van der Waals surface area contributed by atoms with Gasteiger partial charge in [0, 0.05) is 37.9 Å². The molecule has 6 heteroatoms. The minimum absolute atomic E-state index is 0.399. The summed E-state index contributed by atoms with van der Waals surface area (Å²) in [5.74, 6) is 0.642. The summed E-state index contributed by atoms with van der Waals surface area (Å²) >= 11 is 6.25. The lowest BCUT2D eigenvalue weighted by atomic mass is 10.0. The Morgan fingerprint density at radius 1 is 1.39 bits per heavy atom. The molecule has 2 aliphatic rings. The second-order valence-corrected chi connectivity index (χ2v) is 6.84. The van der Waals surface area contributed by atoms with Crippen LogP contribution in [-0.2, 0) is 4.79 Å². The number of carbonyl (C=O) groups is 1. The zero-order valence-corrected chi connectivity index (χ0v) is 13.8. The van der Waals surface area contributed by atoms with E-state index in [0.29, 0.717) is 22.4 Å². The molecule has 0 aromatic carbocycles. The molecular formula is C17H22ClN3O2. The van der Waals surface area contributed by atoms with Crippen LogP contribution in [0.2, 0.25) is 5.02 Å². The molecule has 124 valence electrons. The lowest BCUT2D eigenvalue weighted by Gasteiger charge is -2.32. The molecule has 0 unspecified atom stereocenters. The Kier molecular flexibility index (Phi) is 5.18. The van der Waals surface area contributed by atoms with E-state index in [-0.39, 0.29) is 0 Å². The molecule has 0 spiro atoms. The van der Waals surface area contributed by atoms with Gasteiger partial charge < -0.3 is 15.3 Å². The molecule has 0 amide bonds. The van der Waals surface area contributed by atoms with Crippen molar-refractivity contribution in [3.63, 3.8) is 0 Å². The predicted octanol–water partition coefficient (Wildman–Crippen LogP) is 3.12. The Morgan fingerprint density at radius 2 is 2.13 bits per heavy atom. The molecule has 2 N–H and O–H groups in total. The third-order valence-electron chi connectivity index (χ3n) is 4.42. The highest BCUT2D eigenvalue weighted by molar-refractivity contribution is 6.33. The van der Waals surface area contributed by atoms with Crippen LogP contribution in [0.5, 0.6) is 0 Å². The molecule has 1 aliphatic heterocycles. The molecule has 0 radical (unpaired) electrons. The van der Waals surface area contributed by atoms with Crippen LogP contribution in [0.3, 0.4) is 0 Å². The Bertz CT molecular complexity index is 594. The van der Waals surface area contributed by atoms with Crippen LogP contribution >= 0.6 is 11.6 Å². The number of aliphatic carboxylic acids is 1. The number of halogens is 1. The first kappa shape index (κ1) is 16.3. The Hall–Kier alpha value is -1.59. The molecule has 0 atom stereocenters. The highest BCUT2D eigenvalue weighted by atomic mass is 35.5. The summed E-state index contributed by atoms with van der Waals surface area (Å²) in [5.41, 5.74) is 0.683. The second kappa shape index (κ2) is 7.32. The van der Waals surface area contributed by atoms with E-state index in [0.717, 1.165) is 37.9 Å². The standard InChI is InChI=1S/C17H22ClN3O2/c18-15-9-13(3-4-16(22)23)10-19-17(15)20-14-5-7-21(8-6-14)11-12-1-2-12/h3-4,9-10,12,14H,1-2,5-8,11H2,(H,19,20)(H,22,23)/b4-3+. The third-order valence-corrected chi connectivity index (χ3v) is 4.71. The monoisotopic (exact) mass is 335 g/mol. The van der Waals surface area contributed by atoms with Gasteiger partial charge in [-0.2, -0.15) is 0 Å². The van der Waals surface area contributed by atoms with Gasteiger partial charge in [0.15, 0.2) is 0 Å².